The molecule has 5 nitrogen and oxygen atoms in total. The molecule has 96 valence electrons. The van der Waals surface area contributed by atoms with Gasteiger partial charge in [-0.05, 0) is 34.1 Å². The van der Waals surface area contributed by atoms with Gasteiger partial charge in [-0.2, -0.15) is 8.42 Å². The van der Waals surface area contributed by atoms with Crippen molar-refractivity contribution in [1.29, 1.82) is 0 Å². The van der Waals surface area contributed by atoms with Gasteiger partial charge in [-0.1, -0.05) is 13.0 Å². The quantitative estimate of drug-likeness (QED) is 0.586. The maximum Gasteiger partial charge on any atom is 0.270 e. The van der Waals surface area contributed by atoms with E-state index in [1.54, 1.807) is 26.8 Å². The highest BCUT2D eigenvalue weighted by Gasteiger charge is 2.29. The monoisotopic (exact) mass is 251 g/mol. The Kier molecular flexibility index (Phi) is 7.28. The second kappa shape index (κ2) is 6.65. The molecular weight excluding hydrogens is 230 g/mol. The number of carbonyl (C=O) groups is 1. The van der Waals surface area contributed by atoms with Crippen LogP contribution in [0.25, 0.3) is 0 Å². The van der Waals surface area contributed by atoms with Crippen LogP contribution in [0.3, 0.4) is 0 Å². The van der Waals surface area contributed by atoms with Crippen LogP contribution >= 0.6 is 0 Å². The number of hydrogen-bond acceptors (Lipinski definition) is 3. The number of carbonyl (C=O) groups excluding carboxylic acids is 1. The van der Waals surface area contributed by atoms with E-state index < -0.39 is 14.9 Å². The zero-order valence-corrected chi connectivity index (χ0v) is 11.3. The van der Waals surface area contributed by atoms with E-state index in [1.165, 1.54) is 13.8 Å². The van der Waals surface area contributed by atoms with E-state index in [9.17, 15) is 13.2 Å². The first-order valence-corrected chi connectivity index (χ1v) is 6.33. The van der Waals surface area contributed by atoms with Crippen molar-refractivity contribution < 1.29 is 17.8 Å². The highest BCUT2D eigenvalue weighted by atomic mass is 32.2. The molecule has 0 bridgehead atoms. The summed E-state index contributed by atoms with van der Waals surface area (Å²) in [5, 5.41) is 0. The lowest BCUT2D eigenvalue weighted by Gasteiger charge is -2.17. The van der Waals surface area contributed by atoms with Crippen LogP contribution in [0.5, 0.6) is 0 Å². The van der Waals surface area contributed by atoms with Crippen molar-refractivity contribution in [3.8, 4) is 0 Å². The Morgan fingerprint density at radius 3 is 1.81 bits per heavy atom. The van der Waals surface area contributed by atoms with Crippen LogP contribution in [-0.2, 0) is 14.9 Å². The molecule has 0 radical (unpaired) electrons. The summed E-state index contributed by atoms with van der Waals surface area (Å²) in [5.41, 5.74) is 5.45. The molecule has 0 atom stereocenters. The zero-order chi connectivity index (χ0) is 13.6. The molecule has 0 aliphatic heterocycles. The molecule has 0 heterocycles. The first-order chi connectivity index (χ1) is 6.99. The number of rotatable bonds is 3. The molecule has 0 rings (SSSR count). The van der Waals surface area contributed by atoms with E-state index in [2.05, 4.69) is 0 Å². The van der Waals surface area contributed by atoms with Crippen LogP contribution in [0.2, 0.25) is 0 Å². The summed E-state index contributed by atoms with van der Waals surface area (Å²) in [7, 11) is -3.85. The molecule has 3 N–H and O–H groups in total. The zero-order valence-electron chi connectivity index (χ0n) is 10.4. The number of hydrogen-bond donors (Lipinski definition) is 2. The van der Waals surface area contributed by atoms with Crippen molar-refractivity contribution in [2.24, 2.45) is 5.73 Å². The van der Waals surface area contributed by atoms with Crippen LogP contribution in [-0.4, -0.2) is 23.6 Å². The molecule has 0 spiro atoms. The Balaban J connectivity index is 0. The number of allylic oxidation sites excluding steroid dienone is 1. The van der Waals surface area contributed by atoms with Crippen molar-refractivity contribution in [3.05, 3.63) is 11.6 Å². The maximum atomic E-state index is 10.4. The van der Waals surface area contributed by atoms with Crippen molar-refractivity contribution in [2.45, 2.75) is 45.8 Å². The second-order valence-electron chi connectivity index (χ2n) is 3.92. The Labute approximate surface area is 97.5 Å². The molecule has 6 heteroatoms. The standard InChI is InChI=1S/C5H9NO.C5H12O3S/c1-3-4(2)5(6)7;1-4-5(2,3)9(6,7)8/h3H,1-2H3,(H2,6,7);4H2,1-3H3,(H,6,7,8). The predicted molar refractivity (Wildman–Crippen MR) is 64.5 cm³/mol. The Hall–Kier alpha value is -0.880. The lowest BCUT2D eigenvalue weighted by molar-refractivity contribution is -0.114. The molecule has 0 fully saturated rings. The van der Waals surface area contributed by atoms with E-state index in [4.69, 9.17) is 10.3 Å². The fraction of sp³-hybridized carbons (Fsp3) is 0.700. The highest BCUT2D eigenvalue weighted by Crippen LogP contribution is 2.17. The lowest BCUT2D eigenvalue weighted by Crippen LogP contribution is -2.29. The summed E-state index contributed by atoms with van der Waals surface area (Å²) in [5.74, 6) is -0.345. The van der Waals surface area contributed by atoms with Gasteiger partial charge in [0.2, 0.25) is 5.91 Å². The molecule has 0 aromatic carbocycles. The van der Waals surface area contributed by atoms with Gasteiger partial charge in [-0.25, -0.2) is 0 Å². The molecule has 0 aliphatic rings. The van der Waals surface area contributed by atoms with Gasteiger partial charge in [0.1, 0.15) is 0 Å². The Bertz CT molecular complexity index is 355. The van der Waals surface area contributed by atoms with E-state index in [0.717, 1.165) is 0 Å². The van der Waals surface area contributed by atoms with Crippen LogP contribution in [0, 0.1) is 0 Å². The van der Waals surface area contributed by atoms with Crippen LogP contribution < -0.4 is 5.73 Å². The first kappa shape index (κ1) is 17.5. The molecule has 0 saturated heterocycles. The largest absolute Gasteiger partial charge is 0.366 e. The predicted octanol–water partition coefficient (Wildman–Crippen LogP) is 1.50. The van der Waals surface area contributed by atoms with Crippen LogP contribution in [0.4, 0.5) is 0 Å². The van der Waals surface area contributed by atoms with Crippen molar-refractivity contribution in [3.63, 3.8) is 0 Å². The van der Waals surface area contributed by atoms with Gasteiger partial charge >= 0.3 is 0 Å². The van der Waals surface area contributed by atoms with Crippen LogP contribution in [0.15, 0.2) is 11.6 Å². The summed E-state index contributed by atoms with van der Waals surface area (Å²) in [4.78, 5) is 10.1. The van der Waals surface area contributed by atoms with E-state index in [-0.39, 0.29) is 5.91 Å². The summed E-state index contributed by atoms with van der Waals surface area (Å²) in [6.45, 7) is 8.15. The fourth-order valence-electron chi connectivity index (χ4n) is 0.325. The van der Waals surface area contributed by atoms with E-state index >= 15 is 0 Å². The third kappa shape index (κ3) is 6.58. The Morgan fingerprint density at radius 1 is 1.44 bits per heavy atom. The topological polar surface area (TPSA) is 97.5 Å². The fourth-order valence-corrected chi connectivity index (χ4v) is 0.689. The second-order valence-corrected chi connectivity index (χ2v) is 5.98. The average molecular weight is 251 g/mol. The summed E-state index contributed by atoms with van der Waals surface area (Å²) in [6, 6.07) is 0. The number of primary amides is 1. The van der Waals surface area contributed by atoms with Crippen LogP contribution in [0.1, 0.15) is 41.0 Å². The Morgan fingerprint density at radius 2 is 1.81 bits per heavy atom. The molecule has 0 aromatic heterocycles. The van der Waals surface area contributed by atoms with Gasteiger partial charge in [-0.3, -0.25) is 9.35 Å². The minimum absolute atomic E-state index is 0.345. The van der Waals surface area contributed by atoms with Gasteiger partial charge in [0.05, 0.1) is 4.75 Å². The number of amides is 1. The highest BCUT2D eigenvalue weighted by molar-refractivity contribution is 7.87. The third-order valence-electron chi connectivity index (χ3n) is 2.37. The SMILES string of the molecule is CC=C(C)C(N)=O.CCC(C)(C)S(=O)(=O)O. The minimum atomic E-state index is -3.85. The molecule has 1 amide bonds. The van der Waals surface area contributed by atoms with Gasteiger partial charge in [0, 0.05) is 5.57 Å². The van der Waals surface area contributed by atoms with Gasteiger partial charge < -0.3 is 5.73 Å². The molecular formula is C10H21NO4S. The van der Waals surface area contributed by atoms with Crippen molar-refractivity contribution >= 4 is 16.0 Å². The maximum absolute atomic E-state index is 10.4. The number of nitrogens with two attached hydrogens (primary N) is 1. The molecule has 0 saturated carbocycles. The molecule has 16 heavy (non-hydrogen) atoms. The van der Waals surface area contributed by atoms with Crippen molar-refractivity contribution in [1.82, 2.24) is 0 Å². The molecule has 0 aliphatic carbocycles. The smallest absolute Gasteiger partial charge is 0.270 e. The average Bonchev–Trinajstić information content (AvgIpc) is 2.15. The molecule has 0 aromatic rings. The normalized spacial score (nSPS) is 12.8. The molecule has 0 unspecified atom stereocenters. The van der Waals surface area contributed by atoms with E-state index in [0.29, 0.717) is 12.0 Å². The van der Waals surface area contributed by atoms with E-state index in [1.807, 2.05) is 0 Å². The summed E-state index contributed by atoms with van der Waals surface area (Å²) < 4.78 is 28.4. The first-order valence-electron chi connectivity index (χ1n) is 4.89. The van der Waals surface area contributed by atoms with Crippen molar-refractivity contribution in [2.75, 3.05) is 0 Å². The van der Waals surface area contributed by atoms with Gasteiger partial charge in [0.25, 0.3) is 10.1 Å². The summed E-state index contributed by atoms with van der Waals surface area (Å²) >= 11 is 0. The minimum Gasteiger partial charge on any atom is -0.366 e. The lowest BCUT2D eigenvalue weighted by atomic mass is 10.1. The third-order valence-corrected chi connectivity index (χ3v) is 4.06. The summed E-state index contributed by atoms with van der Waals surface area (Å²) in [6.07, 6.45) is 2.11. The van der Waals surface area contributed by atoms with Gasteiger partial charge in [0.15, 0.2) is 0 Å². The van der Waals surface area contributed by atoms with Gasteiger partial charge in [-0.15, -0.1) is 0 Å².